The van der Waals surface area contributed by atoms with Crippen LogP contribution in [0.15, 0.2) is 264 Å². The van der Waals surface area contributed by atoms with Gasteiger partial charge >= 0.3 is 0 Å². The van der Waals surface area contributed by atoms with Gasteiger partial charge < -0.3 is 18.6 Å². The molecule has 0 radical (unpaired) electrons. The number of para-hydroxylation sites is 4. The van der Waals surface area contributed by atoms with E-state index in [-0.39, 0.29) is 0 Å². The normalized spacial score (nSPS) is 13.0. The largest absolute Gasteiger partial charge is 0.454 e. The fourth-order valence-corrected chi connectivity index (χ4v) is 13.9. The second kappa shape index (κ2) is 16.4. The minimum Gasteiger partial charge on any atom is -0.454 e. The minimum atomic E-state index is -0.752. The van der Waals surface area contributed by atoms with E-state index >= 15 is 0 Å². The molecule has 0 N–H and O–H groups in total. The molecule has 0 aliphatic heterocycles. The Labute approximate surface area is 456 Å². The highest BCUT2D eigenvalue weighted by Gasteiger charge is 2.52. The molecule has 2 aliphatic carbocycles. The van der Waals surface area contributed by atoms with Crippen LogP contribution in [0.1, 0.15) is 33.4 Å². The Hall–Kier alpha value is -10.2. The Kier molecular flexibility index (Phi) is 9.15. The molecule has 370 valence electrons. The van der Waals surface area contributed by atoms with Crippen LogP contribution in [0.5, 0.6) is 0 Å². The van der Waals surface area contributed by atoms with E-state index in [0.29, 0.717) is 0 Å². The summed E-state index contributed by atoms with van der Waals surface area (Å²) in [5.74, 6) is 0. The van der Waals surface area contributed by atoms with E-state index in [1.54, 1.807) is 0 Å². The van der Waals surface area contributed by atoms with Gasteiger partial charge in [-0.25, -0.2) is 0 Å². The summed E-state index contributed by atoms with van der Waals surface area (Å²) in [6.07, 6.45) is 0. The first kappa shape index (κ1) is 44.0. The fraction of sp³-hybridized carbons (Fsp3) is 0.0400. The monoisotopic (exact) mass is 1010 g/mol. The Balaban J connectivity index is 0.983. The van der Waals surface area contributed by atoms with Gasteiger partial charge in [-0.3, -0.25) is 0 Å². The number of rotatable bonds is 6. The third-order valence-electron chi connectivity index (χ3n) is 17.4. The number of fused-ring (bicyclic) bond motifs is 22. The summed E-state index contributed by atoms with van der Waals surface area (Å²) in [5, 5.41) is 11.9. The smallest absolute Gasteiger partial charge is 0.159 e. The van der Waals surface area contributed by atoms with Gasteiger partial charge in [0.05, 0.1) is 16.8 Å². The highest BCUT2D eigenvalue weighted by Crippen LogP contribution is 2.65. The highest BCUT2D eigenvalue weighted by molar-refractivity contribution is 6.26. The van der Waals surface area contributed by atoms with Gasteiger partial charge in [0.1, 0.15) is 11.2 Å². The summed E-state index contributed by atoms with van der Waals surface area (Å²) in [6.45, 7) is 4.31. The standard InChI is InChI=1S/C75H48N2O2/c1-45-29-33-47(34-30-45)76(69-25-13-22-60-58-20-8-11-27-71(58)78-73(60)69)49-37-39-56-57-40-38-50(77(48-35-31-46(2)32-36-48)70-26-14-23-61-59-21-9-12-28-72(59)79-74(61)70)42-67(57)75(66(56)41-49)65-24-10-7-19-55(65)64-43-62-53-17-5-3-15-51(53)52-16-4-6-18-54(52)63(62)44-68(64)75/h3-44H,1-2H3. The van der Waals surface area contributed by atoms with Crippen molar-refractivity contribution in [2.75, 3.05) is 9.80 Å². The zero-order chi connectivity index (χ0) is 52.1. The Morgan fingerprint density at radius 3 is 1.15 bits per heavy atom. The number of hydrogen-bond acceptors (Lipinski definition) is 4. The van der Waals surface area contributed by atoms with Gasteiger partial charge in [0.15, 0.2) is 11.2 Å². The summed E-state index contributed by atoms with van der Waals surface area (Å²) in [4.78, 5) is 4.81. The third kappa shape index (κ3) is 6.14. The predicted octanol–water partition coefficient (Wildman–Crippen LogP) is 20.8. The first-order valence-electron chi connectivity index (χ1n) is 27.3. The number of aryl methyl sites for hydroxylation is 2. The van der Waals surface area contributed by atoms with E-state index in [1.165, 1.54) is 88.0 Å². The molecule has 0 saturated carbocycles. The van der Waals surface area contributed by atoms with Crippen molar-refractivity contribution in [3.05, 3.63) is 288 Å². The zero-order valence-electron chi connectivity index (χ0n) is 43.5. The lowest BCUT2D eigenvalue weighted by Crippen LogP contribution is -2.26. The van der Waals surface area contributed by atoms with E-state index in [2.05, 4.69) is 278 Å². The van der Waals surface area contributed by atoms with Crippen LogP contribution in [-0.2, 0) is 5.41 Å². The summed E-state index contributed by atoms with van der Waals surface area (Å²) in [6, 6.07) is 94.3. The maximum atomic E-state index is 6.87. The van der Waals surface area contributed by atoms with Crippen molar-refractivity contribution in [2.45, 2.75) is 19.3 Å². The Bertz CT molecular complexity index is 4850. The van der Waals surface area contributed by atoms with Crippen molar-refractivity contribution >= 4 is 110 Å². The summed E-state index contributed by atoms with van der Waals surface area (Å²) in [7, 11) is 0. The Morgan fingerprint density at radius 1 is 0.266 bits per heavy atom. The van der Waals surface area contributed by atoms with Crippen LogP contribution in [-0.4, -0.2) is 0 Å². The molecule has 2 heterocycles. The number of anilines is 6. The molecular formula is C75H48N2O2. The quantitative estimate of drug-likeness (QED) is 0.155. The molecule has 0 bridgehead atoms. The number of nitrogens with zero attached hydrogens (tertiary/aromatic N) is 2. The highest BCUT2D eigenvalue weighted by atomic mass is 16.3. The summed E-state index contributed by atoms with van der Waals surface area (Å²) < 4.78 is 13.7. The molecule has 13 aromatic carbocycles. The van der Waals surface area contributed by atoms with Crippen molar-refractivity contribution in [2.24, 2.45) is 0 Å². The van der Waals surface area contributed by atoms with Crippen molar-refractivity contribution in [1.82, 2.24) is 0 Å². The van der Waals surface area contributed by atoms with Crippen molar-refractivity contribution in [3.63, 3.8) is 0 Å². The molecule has 1 spiro atoms. The van der Waals surface area contributed by atoms with Gasteiger partial charge in [-0.1, -0.05) is 181 Å². The second-order valence-electron chi connectivity index (χ2n) is 21.6. The molecule has 79 heavy (non-hydrogen) atoms. The first-order valence-corrected chi connectivity index (χ1v) is 27.3. The molecule has 2 aliphatic rings. The Morgan fingerprint density at radius 2 is 0.646 bits per heavy atom. The van der Waals surface area contributed by atoms with E-state index in [4.69, 9.17) is 8.83 Å². The van der Waals surface area contributed by atoms with Crippen LogP contribution in [0.25, 0.3) is 98.4 Å². The lowest BCUT2D eigenvalue weighted by molar-refractivity contribution is 0.668. The fourth-order valence-electron chi connectivity index (χ4n) is 13.9. The average molecular weight is 1010 g/mol. The van der Waals surface area contributed by atoms with Gasteiger partial charge in [0.25, 0.3) is 0 Å². The van der Waals surface area contributed by atoms with Gasteiger partial charge in [-0.15, -0.1) is 0 Å². The third-order valence-corrected chi connectivity index (χ3v) is 17.4. The first-order chi connectivity index (χ1) is 39.0. The van der Waals surface area contributed by atoms with E-state index < -0.39 is 5.41 Å². The molecule has 4 nitrogen and oxygen atoms in total. The topological polar surface area (TPSA) is 32.8 Å². The molecule has 0 saturated heterocycles. The maximum absolute atomic E-state index is 6.87. The van der Waals surface area contributed by atoms with Crippen LogP contribution in [0.2, 0.25) is 0 Å². The molecule has 0 unspecified atom stereocenters. The zero-order valence-corrected chi connectivity index (χ0v) is 43.5. The molecule has 2 aromatic heterocycles. The summed E-state index contributed by atoms with van der Waals surface area (Å²) >= 11 is 0. The second-order valence-corrected chi connectivity index (χ2v) is 21.6. The van der Waals surface area contributed by atoms with Crippen LogP contribution in [0.3, 0.4) is 0 Å². The van der Waals surface area contributed by atoms with Gasteiger partial charge in [-0.05, 0) is 176 Å². The van der Waals surface area contributed by atoms with E-state index in [9.17, 15) is 0 Å². The van der Waals surface area contributed by atoms with Gasteiger partial charge in [-0.2, -0.15) is 0 Å². The molecule has 0 fully saturated rings. The van der Waals surface area contributed by atoms with E-state index in [0.717, 1.165) is 78.0 Å². The maximum Gasteiger partial charge on any atom is 0.159 e. The van der Waals surface area contributed by atoms with Crippen LogP contribution in [0, 0.1) is 13.8 Å². The van der Waals surface area contributed by atoms with Crippen LogP contribution in [0.4, 0.5) is 34.1 Å². The van der Waals surface area contributed by atoms with Crippen molar-refractivity contribution in [3.8, 4) is 22.3 Å². The van der Waals surface area contributed by atoms with Crippen LogP contribution >= 0.6 is 0 Å². The molecule has 15 aromatic rings. The van der Waals surface area contributed by atoms with Crippen LogP contribution < -0.4 is 9.80 Å². The van der Waals surface area contributed by atoms with Crippen molar-refractivity contribution < 1.29 is 8.83 Å². The lowest BCUT2D eigenvalue weighted by atomic mass is 9.70. The lowest BCUT2D eigenvalue weighted by Gasteiger charge is -2.33. The minimum absolute atomic E-state index is 0.752. The molecular weight excluding hydrogens is 961 g/mol. The van der Waals surface area contributed by atoms with Gasteiger partial charge in [0, 0.05) is 44.3 Å². The molecule has 0 atom stereocenters. The molecule has 0 amide bonds. The average Bonchev–Trinajstić information content (AvgIpc) is 2.50. The summed E-state index contributed by atoms with van der Waals surface area (Å²) in [5.41, 5.74) is 21.2. The van der Waals surface area contributed by atoms with E-state index in [1.807, 2.05) is 0 Å². The van der Waals surface area contributed by atoms with Crippen molar-refractivity contribution in [1.29, 1.82) is 0 Å². The number of hydrogen-bond donors (Lipinski definition) is 0. The molecule has 4 heteroatoms. The number of furan rings is 2. The van der Waals surface area contributed by atoms with Gasteiger partial charge in [0.2, 0.25) is 0 Å². The molecule has 17 rings (SSSR count). The SMILES string of the molecule is Cc1ccc(N(c2ccc3c(c2)C2(c4ccccc4-c4cc5c6ccccc6c6ccccc6c5cc42)c2cc(N(c4ccc(C)cc4)c4cccc5c4oc4ccccc45)ccc2-3)c2cccc3c2oc2ccccc23)cc1. The number of benzene rings is 13. The predicted molar refractivity (Wildman–Crippen MR) is 329 cm³/mol.